The van der Waals surface area contributed by atoms with Crippen LogP contribution in [0.5, 0.6) is 0 Å². The lowest BCUT2D eigenvalue weighted by Gasteiger charge is -2.02. The normalized spacial score (nSPS) is 10.8. The summed E-state index contributed by atoms with van der Waals surface area (Å²) in [5, 5.41) is 7.44. The molecule has 0 bridgehead atoms. The van der Waals surface area contributed by atoms with Gasteiger partial charge in [0, 0.05) is 31.8 Å². The summed E-state index contributed by atoms with van der Waals surface area (Å²) >= 11 is 1.85. The van der Waals surface area contributed by atoms with Crippen LogP contribution in [0.15, 0.2) is 17.3 Å². The average Bonchev–Trinajstić information content (AvgIpc) is 2.63. The van der Waals surface area contributed by atoms with Crippen molar-refractivity contribution in [2.24, 2.45) is 7.05 Å². The van der Waals surface area contributed by atoms with Gasteiger partial charge in [0.25, 0.3) is 0 Å². The fourth-order valence-corrected chi connectivity index (χ4v) is 2.03. The van der Waals surface area contributed by atoms with Gasteiger partial charge >= 0.3 is 0 Å². The van der Waals surface area contributed by atoms with Gasteiger partial charge < -0.3 is 10.1 Å². The fourth-order valence-electron chi connectivity index (χ4n) is 1.16. The van der Waals surface area contributed by atoms with Gasteiger partial charge in [-0.3, -0.25) is 4.68 Å². The van der Waals surface area contributed by atoms with Gasteiger partial charge in [-0.1, -0.05) is 0 Å². The van der Waals surface area contributed by atoms with E-state index in [-0.39, 0.29) is 0 Å². The third-order valence-corrected chi connectivity index (χ3v) is 2.97. The van der Waals surface area contributed by atoms with E-state index in [1.54, 1.807) is 7.11 Å². The molecule has 0 aliphatic heterocycles. The van der Waals surface area contributed by atoms with Crippen molar-refractivity contribution in [1.82, 2.24) is 15.1 Å². The Bertz CT molecular complexity index is 265. The maximum absolute atomic E-state index is 4.94. The molecule has 4 nitrogen and oxygen atoms in total. The van der Waals surface area contributed by atoms with Gasteiger partial charge in [-0.25, -0.2) is 0 Å². The first-order valence-corrected chi connectivity index (χ1v) is 6.12. The van der Waals surface area contributed by atoms with Gasteiger partial charge in [0.2, 0.25) is 0 Å². The highest BCUT2D eigenvalue weighted by Crippen LogP contribution is 2.16. The minimum atomic E-state index is 0.787. The Labute approximate surface area is 95.4 Å². The van der Waals surface area contributed by atoms with E-state index in [1.807, 2.05) is 35.9 Å². The van der Waals surface area contributed by atoms with E-state index in [2.05, 4.69) is 10.4 Å². The third kappa shape index (κ3) is 5.81. The van der Waals surface area contributed by atoms with Crippen molar-refractivity contribution in [2.75, 3.05) is 32.6 Å². The van der Waals surface area contributed by atoms with Gasteiger partial charge in [0.15, 0.2) is 0 Å². The Kier molecular flexibility index (Phi) is 6.47. The zero-order chi connectivity index (χ0) is 10.9. The van der Waals surface area contributed by atoms with E-state index in [0.29, 0.717) is 0 Å². The maximum atomic E-state index is 4.94. The number of hydrogen-bond donors (Lipinski definition) is 1. The first-order chi connectivity index (χ1) is 7.33. The molecule has 0 aromatic carbocycles. The molecule has 1 aromatic rings. The molecule has 0 aliphatic rings. The number of thioether (sulfide) groups is 1. The lowest BCUT2D eigenvalue weighted by Crippen LogP contribution is -2.20. The van der Waals surface area contributed by atoms with Crippen LogP contribution in [-0.4, -0.2) is 42.3 Å². The molecule has 0 fully saturated rings. The smallest absolute Gasteiger partial charge is 0.0625 e. The number of nitrogens with zero attached hydrogens (tertiary/aromatic N) is 2. The monoisotopic (exact) mass is 229 g/mol. The highest BCUT2D eigenvalue weighted by molar-refractivity contribution is 7.99. The predicted octanol–water partition coefficient (Wildman–Crippen LogP) is 1.14. The fraction of sp³-hybridized carbons (Fsp3) is 0.700. The molecule has 0 saturated carbocycles. The Morgan fingerprint density at radius 2 is 2.40 bits per heavy atom. The minimum Gasteiger partial charge on any atom is -0.383 e. The molecule has 0 atom stereocenters. The highest BCUT2D eigenvalue weighted by atomic mass is 32.2. The molecule has 0 radical (unpaired) electrons. The third-order valence-electron chi connectivity index (χ3n) is 1.93. The topological polar surface area (TPSA) is 39.1 Å². The van der Waals surface area contributed by atoms with Gasteiger partial charge in [0.05, 0.1) is 12.8 Å². The van der Waals surface area contributed by atoms with Crippen LogP contribution >= 0.6 is 11.8 Å². The molecule has 0 spiro atoms. The van der Waals surface area contributed by atoms with Crippen molar-refractivity contribution >= 4 is 11.8 Å². The summed E-state index contributed by atoms with van der Waals surface area (Å²) in [6.45, 7) is 2.78. The molecule has 1 heterocycles. The summed E-state index contributed by atoms with van der Waals surface area (Å²) in [4.78, 5) is 1.24. The quantitative estimate of drug-likeness (QED) is 0.536. The van der Waals surface area contributed by atoms with E-state index >= 15 is 0 Å². The van der Waals surface area contributed by atoms with E-state index < -0.39 is 0 Å². The van der Waals surface area contributed by atoms with Crippen molar-refractivity contribution in [1.29, 1.82) is 0 Å². The summed E-state index contributed by atoms with van der Waals surface area (Å²) < 4.78 is 6.77. The molecule has 0 aliphatic carbocycles. The molecule has 0 unspecified atom stereocenters. The van der Waals surface area contributed by atoms with Crippen LogP contribution in [0.1, 0.15) is 6.42 Å². The summed E-state index contributed by atoms with van der Waals surface area (Å²) in [6, 6.07) is 0. The number of rotatable bonds is 8. The SMILES string of the molecule is COCCNCCCSc1cnn(C)c1. The van der Waals surface area contributed by atoms with Crippen LogP contribution in [0.2, 0.25) is 0 Å². The number of ether oxygens (including phenoxy) is 1. The first kappa shape index (κ1) is 12.5. The van der Waals surface area contributed by atoms with Crippen LogP contribution in [0.4, 0.5) is 0 Å². The maximum Gasteiger partial charge on any atom is 0.0625 e. The zero-order valence-corrected chi connectivity index (χ0v) is 10.2. The Balaban J connectivity index is 1.93. The number of aryl methyl sites for hydroxylation is 1. The molecule has 86 valence electrons. The van der Waals surface area contributed by atoms with Crippen LogP contribution in [0, 0.1) is 0 Å². The van der Waals surface area contributed by atoms with E-state index in [9.17, 15) is 0 Å². The van der Waals surface area contributed by atoms with Crippen molar-refractivity contribution in [3.8, 4) is 0 Å². The second-order valence-corrected chi connectivity index (χ2v) is 4.46. The number of aromatic nitrogens is 2. The van der Waals surface area contributed by atoms with E-state index in [0.717, 1.165) is 25.4 Å². The highest BCUT2D eigenvalue weighted by Gasteiger charge is 1.96. The van der Waals surface area contributed by atoms with Gasteiger partial charge in [0.1, 0.15) is 0 Å². The van der Waals surface area contributed by atoms with Crippen molar-refractivity contribution in [3.63, 3.8) is 0 Å². The molecule has 1 rings (SSSR count). The molecule has 0 amide bonds. The van der Waals surface area contributed by atoms with Crippen LogP contribution in [0.25, 0.3) is 0 Å². The molecule has 1 N–H and O–H groups in total. The summed E-state index contributed by atoms with van der Waals surface area (Å²) in [5.41, 5.74) is 0. The Morgan fingerprint density at radius 3 is 3.07 bits per heavy atom. The number of hydrogen-bond acceptors (Lipinski definition) is 4. The molecule has 5 heteroatoms. The lowest BCUT2D eigenvalue weighted by atomic mass is 10.5. The Hall–Kier alpha value is -0.520. The summed E-state index contributed by atoms with van der Waals surface area (Å²) in [6.07, 6.45) is 5.12. The van der Waals surface area contributed by atoms with Gasteiger partial charge in [-0.05, 0) is 18.7 Å². The Morgan fingerprint density at radius 1 is 1.53 bits per heavy atom. The predicted molar refractivity (Wildman–Crippen MR) is 63.3 cm³/mol. The summed E-state index contributed by atoms with van der Waals surface area (Å²) in [7, 11) is 3.66. The van der Waals surface area contributed by atoms with Gasteiger partial charge in [-0.15, -0.1) is 11.8 Å². The number of nitrogens with one attached hydrogen (secondary N) is 1. The lowest BCUT2D eigenvalue weighted by molar-refractivity contribution is 0.199. The molecule has 15 heavy (non-hydrogen) atoms. The molecule has 1 aromatic heterocycles. The van der Waals surface area contributed by atoms with Crippen molar-refractivity contribution in [2.45, 2.75) is 11.3 Å². The van der Waals surface area contributed by atoms with Crippen LogP contribution < -0.4 is 5.32 Å². The summed E-state index contributed by atoms with van der Waals surface area (Å²) in [5.74, 6) is 1.13. The second-order valence-electron chi connectivity index (χ2n) is 3.29. The van der Waals surface area contributed by atoms with Crippen LogP contribution in [-0.2, 0) is 11.8 Å². The molecular formula is C10H19N3OS. The molecular weight excluding hydrogens is 210 g/mol. The minimum absolute atomic E-state index is 0.787. The number of methoxy groups -OCH3 is 1. The largest absolute Gasteiger partial charge is 0.383 e. The standard InChI is InChI=1S/C10H19N3OS/c1-13-9-10(8-12-13)15-7-3-4-11-5-6-14-2/h8-9,11H,3-7H2,1-2H3. The second kappa shape index (κ2) is 7.73. The van der Waals surface area contributed by atoms with Gasteiger partial charge in [-0.2, -0.15) is 5.10 Å². The van der Waals surface area contributed by atoms with Crippen molar-refractivity contribution < 1.29 is 4.74 Å². The van der Waals surface area contributed by atoms with E-state index in [4.69, 9.17) is 4.74 Å². The van der Waals surface area contributed by atoms with E-state index in [1.165, 1.54) is 11.3 Å². The zero-order valence-electron chi connectivity index (χ0n) is 9.40. The average molecular weight is 229 g/mol. The first-order valence-electron chi connectivity index (χ1n) is 5.14. The van der Waals surface area contributed by atoms with Crippen molar-refractivity contribution in [3.05, 3.63) is 12.4 Å². The molecule has 0 saturated heterocycles. The van der Waals surface area contributed by atoms with Crippen LogP contribution in [0.3, 0.4) is 0 Å².